The van der Waals surface area contributed by atoms with Gasteiger partial charge in [-0.15, -0.1) is 0 Å². The zero-order valence-electron chi connectivity index (χ0n) is 23.0. The Hall–Kier alpha value is -4.24. The van der Waals surface area contributed by atoms with Crippen molar-refractivity contribution in [2.75, 3.05) is 0 Å². The molecule has 4 aromatic carbocycles. The molecule has 1 aliphatic rings. The predicted molar refractivity (Wildman–Crippen MR) is 161 cm³/mol. The smallest absolute Gasteiger partial charge is 0.216 e. The first kappa shape index (κ1) is 24.8. The van der Waals surface area contributed by atoms with Crippen LogP contribution in [0.15, 0.2) is 108 Å². The molecule has 3 heteroatoms. The van der Waals surface area contributed by atoms with Gasteiger partial charge in [0.25, 0.3) is 0 Å². The number of fused-ring (bicyclic) bond motifs is 3. The normalized spacial score (nSPS) is 17.5. The van der Waals surface area contributed by atoms with Crippen molar-refractivity contribution in [2.24, 2.45) is 7.05 Å². The molecule has 1 saturated carbocycles. The molecule has 198 valence electrons. The van der Waals surface area contributed by atoms with Crippen molar-refractivity contribution in [2.45, 2.75) is 44.4 Å². The van der Waals surface area contributed by atoms with Gasteiger partial charge in [0.2, 0.25) is 5.69 Å². The van der Waals surface area contributed by atoms with E-state index in [0.29, 0.717) is 22.8 Å². The number of halogens is 1. The summed E-state index contributed by atoms with van der Waals surface area (Å²) >= 11 is 0. The predicted octanol–water partition coefficient (Wildman–Crippen LogP) is 9.63. The van der Waals surface area contributed by atoms with Crippen LogP contribution in [0.25, 0.3) is 44.3 Å². The molecule has 0 aliphatic heterocycles. The number of aryl methyl sites for hydroxylation is 2. The first-order valence-corrected chi connectivity index (χ1v) is 14.3. The number of furan rings is 1. The van der Waals surface area contributed by atoms with Gasteiger partial charge >= 0.3 is 0 Å². The second kappa shape index (κ2) is 10.1. The molecule has 6 aromatic rings. The fourth-order valence-corrected chi connectivity index (χ4v) is 6.75. The number of hydrogen-bond acceptors (Lipinski definition) is 1. The number of nitrogens with zero attached hydrogens (tertiary/aromatic N) is 1. The number of hydrogen-bond donors (Lipinski definition) is 0. The zero-order valence-corrected chi connectivity index (χ0v) is 23.0. The number of benzene rings is 4. The fraction of sp³-hybridized carbons (Fsp3) is 0.216. The van der Waals surface area contributed by atoms with Crippen molar-refractivity contribution in [1.82, 2.24) is 0 Å². The van der Waals surface area contributed by atoms with Crippen LogP contribution in [0.1, 0.15) is 54.2 Å². The van der Waals surface area contributed by atoms with Crippen molar-refractivity contribution in [3.8, 4) is 22.4 Å². The first-order chi connectivity index (χ1) is 19.6. The second-order valence-electron chi connectivity index (χ2n) is 11.3. The average Bonchev–Trinajstić information content (AvgIpc) is 3.39. The zero-order chi connectivity index (χ0) is 27.2. The molecule has 7 rings (SSSR count). The molecule has 0 amide bonds. The summed E-state index contributed by atoms with van der Waals surface area (Å²) in [5.74, 6) is 1.01. The van der Waals surface area contributed by atoms with E-state index in [4.69, 9.17) is 4.42 Å². The maximum atomic E-state index is 15.4. The van der Waals surface area contributed by atoms with Crippen LogP contribution in [0.5, 0.6) is 0 Å². The van der Waals surface area contributed by atoms with Crippen LogP contribution < -0.4 is 4.57 Å². The lowest BCUT2D eigenvalue weighted by molar-refractivity contribution is -0.660. The molecule has 40 heavy (non-hydrogen) atoms. The minimum atomic E-state index is -0.253. The van der Waals surface area contributed by atoms with E-state index in [1.807, 2.05) is 37.5 Å². The van der Waals surface area contributed by atoms with Crippen molar-refractivity contribution in [3.63, 3.8) is 0 Å². The fourth-order valence-electron chi connectivity index (χ4n) is 6.75. The monoisotopic (exact) mass is 526 g/mol. The molecule has 0 saturated heterocycles. The van der Waals surface area contributed by atoms with Crippen LogP contribution >= 0.6 is 0 Å². The van der Waals surface area contributed by atoms with Crippen LogP contribution in [-0.4, -0.2) is 0 Å². The number of rotatable bonds is 4. The van der Waals surface area contributed by atoms with E-state index in [1.54, 1.807) is 6.07 Å². The number of aromatic nitrogens is 1. The van der Waals surface area contributed by atoms with E-state index in [2.05, 4.69) is 78.2 Å². The minimum absolute atomic E-state index is 0.253. The Labute approximate surface area is 234 Å². The summed E-state index contributed by atoms with van der Waals surface area (Å²) in [6.07, 6.45) is 6.91. The first-order valence-electron chi connectivity index (χ1n) is 14.3. The van der Waals surface area contributed by atoms with Crippen LogP contribution in [0, 0.1) is 12.7 Å². The summed E-state index contributed by atoms with van der Waals surface area (Å²) in [5, 5.41) is 1.36. The van der Waals surface area contributed by atoms with Crippen molar-refractivity contribution in [1.29, 1.82) is 0 Å². The third-order valence-electron chi connectivity index (χ3n) is 8.95. The molecule has 0 atom stereocenters. The molecule has 0 bridgehead atoms. The molecule has 0 N–H and O–H groups in total. The Bertz CT molecular complexity index is 1830. The van der Waals surface area contributed by atoms with Gasteiger partial charge in [0.15, 0.2) is 6.20 Å². The van der Waals surface area contributed by atoms with Gasteiger partial charge < -0.3 is 4.42 Å². The quantitative estimate of drug-likeness (QED) is 0.209. The van der Waals surface area contributed by atoms with Gasteiger partial charge in [-0.3, -0.25) is 0 Å². The van der Waals surface area contributed by atoms with Crippen molar-refractivity contribution < 1.29 is 13.4 Å². The van der Waals surface area contributed by atoms with Gasteiger partial charge in [-0.05, 0) is 84.9 Å². The molecule has 2 nitrogen and oxygen atoms in total. The van der Waals surface area contributed by atoms with Gasteiger partial charge in [-0.25, -0.2) is 8.96 Å². The van der Waals surface area contributed by atoms with Crippen LogP contribution in [-0.2, 0) is 7.05 Å². The SMILES string of the molecule is Cc1ccc2c(oc3c(-c4ccc(C5CCC(c6ccccc6)CC5)cc4)ccc(F)c32)c1-c1cccc[n+]1C. The molecule has 0 radical (unpaired) electrons. The lowest BCUT2D eigenvalue weighted by Gasteiger charge is -2.29. The molecule has 1 fully saturated rings. The lowest BCUT2D eigenvalue weighted by atomic mass is 9.76. The molecule has 2 aromatic heterocycles. The van der Waals surface area contributed by atoms with E-state index in [-0.39, 0.29) is 5.82 Å². The van der Waals surface area contributed by atoms with Crippen LogP contribution in [0.2, 0.25) is 0 Å². The third kappa shape index (κ3) is 4.21. The Morgan fingerprint density at radius 2 is 1.38 bits per heavy atom. The average molecular weight is 527 g/mol. The molecular formula is C37H33FNO+. The Morgan fingerprint density at radius 3 is 2.08 bits per heavy atom. The Balaban J connectivity index is 1.24. The lowest BCUT2D eigenvalue weighted by Crippen LogP contribution is -2.30. The molecule has 0 spiro atoms. The highest BCUT2D eigenvalue weighted by Crippen LogP contribution is 2.43. The van der Waals surface area contributed by atoms with Crippen molar-refractivity contribution in [3.05, 3.63) is 126 Å². The highest BCUT2D eigenvalue weighted by atomic mass is 19.1. The topological polar surface area (TPSA) is 17.0 Å². The Kier molecular flexibility index (Phi) is 6.23. The van der Waals surface area contributed by atoms with E-state index in [9.17, 15) is 0 Å². The molecular weight excluding hydrogens is 493 g/mol. The summed E-state index contributed by atoms with van der Waals surface area (Å²) in [5.41, 5.74) is 9.33. The van der Waals surface area contributed by atoms with E-state index >= 15 is 4.39 Å². The summed E-state index contributed by atoms with van der Waals surface area (Å²) in [7, 11) is 2.03. The van der Waals surface area contributed by atoms with Gasteiger partial charge in [0.05, 0.1) is 10.9 Å². The van der Waals surface area contributed by atoms with Crippen LogP contribution in [0.4, 0.5) is 4.39 Å². The van der Waals surface area contributed by atoms with Gasteiger partial charge in [-0.1, -0.05) is 66.7 Å². The van der Waals surface area contributed by atoms with E-state index in [1.165, 1.54) is 36.8 Å². The molecule has 2 heterocycles. The van der Waals surface area contributed by atoms with E-state index < -0.39 is 0 Å². The van der Waals surface area contributed by atoms with E-state index in [0.717, 1.165) is 38.9 Å². The molecule has 0 unspecified atom stereocenters. The van der Waals surface area contributed by atoms with Gasteiger partial charge in [0, 0.05) is 23.1 Å². The standard InChI is InChI=1S/C37H33FNO/c1-24-11-20-31-35-32(38)22-21-30(36(35)40-37(31)34(24)33-10-6-7-23-39(33)2)29-18-16-28(17-19-29)27-14-12-26(13-15-27)25-8-4-3-5-9-25/h3-11,16-23,26-27H,12-15H2,1-2H3/q+1. The summed E-state index contributed by atoms with van der Waals surface area (Å²) < 4.78 is 24.0. The summed E-state index contributed by atoms with van der Waals surface area (Å²) in [4.78, 5) is 0. The minimum Gasteiger partial charge on any atom is -0.454 e. The number of pyridine rings is 1. The highest BCUT2D eigenvalue weighted by Gasteiger charge is 2.25. The van der Waals surface area contributed by atoms with Crippen LogP contribution in [0.3, 0.4) is 0 Å². The maximum absolute atomic E-state index is 15.4. The van der Waals surface area contributed by atoms with Crippen molar-refractivity contribution >= 4 is 21.9 Å². The third-order valence-corrected chi connectivity index (χ3v) is 8.95. The summed E-state index contributed by atoms with van der Waals surface area (Å²) in [6, 6.07) is 33.4. The summed E-state index contributed by atoms with van der Waals surface area (Å²) in [6.45, 7) is 2.08. The molecule has 1 aliphatic carbocycles. The van der Waals surface area contributed by atoms with Gasteiger partial charge in [0.1, 0.15) is 24.0 Å². The second-order valence-corrected chi connectivity index (χ2v) is 11.3. The van der Waals surface area contributed by atoms with Gasteiger partial charge in [-0.2, -0.15) is 0 Å². The maximum Gasteiger partial charge on any atom is 0.216 e. The largest absolute Gasteiger partial charge is 0.454 e. The Morgan fingerprint density at radius 1 is 0.700 bits per heavy atom. The highest BCUT2D eigenvalue weighted by molar-refractivity contribution is 6.13.